The minimum Gasteiger partial charge on any atom is -0.475 e. The summed E-state index contributed by atoms with van der Waals surface area (Å²) in [6.07, 6.45) is 0.165. The van der Waals surface area contributed by atoms with Gasteiger partial charge in [-0.25, -0.2) is 9.78 Å². The molecule has 3 aromatic rings. The monoisotopic (exact) mass is 383 g/mol. The average Bonchev–Trinajstić information content (AvgIpc) is 3.22. The van der Waals surface area contributed by atoms with Gasteiger partial charge in [-0.3, -0.25) is 4.79 Å². The highest BCUT2D eigenvalue weighted by molar-refractivity contribution is 5.92. The Balaban J connectivity index is 0.000000321. The highest BCUT2D eigenvalue weighted by Crippen LogP contribution is 2.13. The molecule has 7 nitrogen and oxygen atoms in total. The Morgan fingerprint density at radius 1 is 1.33 bits per heavy atom. The second-order valence-corrected chi connectivity index (χ2v) is 5.64. The summed E-state index contributed by atoms with van der Waals surface area (Å²) in [7, 11) is 1.74. The van der Waals surface area contributed by atoms with Gasteiger partial charge in [0, 0.05) is 19.4 Å². The number of furan rings is 1. The number of carboxylic acid groups (broad SMARTS) is 1. The lowest BCUT2D eigenvalue weighted by Gasteiger charge is -2.13. The third-order valence-electron chi connectivity index (χ3n) is 3.40. The van der Waals surface area contributed by atoms with Crippen LogP contribution in [0, 0.1) is 6.92 Å². The van der Waals surface area contributed by atoms with Crippen molar-refractivity contribution in [3.63, 3.8) is 0 Å². The van der Waals surface area contributed by atoms with Crippen molar-refractivity contribution in [2.24, 2.45) is 0 Å². The Morgan fingerprint density at radius 2 is 2.00 bits per heavy atom. The molecule has 0 bridgehead atoms. The van der Waals surface area contributed by atoms with E-state index in [-0.39, 0.29) is 5.91 Å². The van der Waals surface area contributed by atoms with Gasteiger partial charge in [0.05, 0.1) is 12.8 Å². The molecule has 0 aliphatic carbocycles. The fourth-order valence-electron chi connectivity index (χ4n) is 2.09. The van der Waals surface area contributed by atoms with Crippen molar-refractivity contribution >= 4 is 17.5 Å². The number of aryl methyl sites for hydroxylation is 1. The lowest BCUT2D eigenvalue weighted by molar-refractivity contribution is -0.192. The quantitative estimate of drug-likeness (QED) is 0.751. The molecule has 27 heavy (non-hydrogen) atoms. The molecule has 0 atom stereocenters. The molecule has 3 aromatic heterocycles. The summed E-state index contributed by atoms with van der Waals surface area (Å²) in [5.74, 6) is -2.13. The predicted octanol–water partition coefficient (Wildman–Crippen LogP) is 3.14. The molecule has 0 fully saturated rings. The van der Waals surface area contributed by atoms with Crippen molar-refractivity contribution in [2.45, 2.75) is 19.6 Å². The SMILES string of the molecule is Cc1ccn2cc(C(=O)N(C)Cc3ccco3)nc2c1.O=C(O)C(F)(F)F. The number of nitrogens with zero attached hydrogens (tertiary/aromatic N) is 3. The number of halogens is 3. The lowest BCUT2D eigenvalue weighted by atomic mass is 10.3. The second kappa shape index (κ2) is 7.94. The van der Waals surface area contributed by atoms with Crippen LogP contribution in [-0.2, 0) is 11.3 Å². The molecule has 0 spiro atoms. The summed E-state index contributed by atoms with van der Waals surface area (Å²) >= 11 is 0. The van der Waals surface area contributed by atoms with E-state index in [9.17, 15) is 18.0 Å². The van der Waals surface area contributed by atoms with Crippen molar-refractivity contribution in [2.75, 3.05) is 7.05 Å². The molecular formula is C17H16F3N3O4. The Kier molecular flexibility index (Phi) is 5.88. The molecular weight excluding hydrogens is 367 g/mol. The molecule has 144 valence electrons. The number of pyridine rings is 1. The number of hydrogen-bond acceptors (Lipinski definition) is 4. The van der Waals surface area contributed by atoms with Crippen LogP contribution in [0.2, 0.25) is 0 Å². The van der Waals surface area contributed by atoms with E-state index in [1.165, 1.54) is 0 Å². The van der Waals surface area contributed by atoms with E-state index >= 15 is 0 Å². The predicted molar refractivity (Wildman–Crippen MR) is 88.1 cm³/mol. The Hall–Kier alpha value is -3.30. The van der Waals surface area contributed by atoms with Crippen LogP contribution in [0.1, 0.15) is 21.8 Å². The minimum atomic E-state index is -5.08. The second-order valence-electron chi connectivity index (χ2n) is 5.64. The van der Waals surface area contributed by atoms with E-state index in [1.54, 1.807) is 30.5 Å². The van der Waals surface area contributed by atoms with Crippen molar-refractivity contribution in [3.05, 3.63) is 59.9 Å². The van der Waals surface area contributed by atoms with Crippen LogP contribution < -0.4 is 0 Å². The average molecular weight is 383 g/mol. The van der Waals surface area contributed by atoms with Gasteiger partial charge in [0.25, 0.3) is 5.91 Å². The van der Waals surface area contributed by atoms with Gasteiger partial charge in [0.1, 0.15) is 17.1 Å². The molecule has 0 aromatic carbocycles. The van der Waals surface area contributed by atoms with E-state index in [2.05, 4.69) is 4.98 Å². The first kappa shape index (κ1) is 20.0. The van der Waals surface area contributed by atoms with Crippen molar-refractivity contribution in [3.8, 4) is 0 Å². The lowest BCUT2D eigenvalue weighted by Crippen LogP contribution is -2.26. The molecule has 1 amide bonds. The van der Waals surface area contributed by atoms with Gasteiger partial charge in [0.15, 0.2) is 0 Å². The third-order valence-corrected chi connectivity index (χ3v) is 3.40. The molecule has 1 N–H and O–H groups in total. The van der Waals surface area contributed by atoms with Gasteiger partial charge in [-0.2, -0.15) is 13.2 Å². The highest BCUT2D eigenvalue weighted by Gasteiger charge is 2.38. The largest absolute Gasteiger partial charge is 0.490 e. The number of hydrogen-bond donors (Lipinski definition) is 1. The smallest absolute Gasteiger partial charge is 0.475 e. The maximum absolute atomic E-state index is 12.3. The van der Waals surface area contributed by atoms with Crippen LogP contribution >= 0.6 is 0 Å². The van der Waals surface area contributed by atoms with E-state index in [1.807, 2.05) is 35.7 Å². The molecule has 0 aliphatic rings. The van der Waals surface area contributed by atoms with Gasteiger partial charge >= 0.3 is 12.1 Å². The minimum absolute atomic E-state index is 0.122. The summed E-state index contributed by atoms with van der Waals surface area (Å²) in [6.45, 7) is 2.43. The maximum atomic E-state index is 12.3. The highest BCUT2D eigenvalue weighted by atomic mass is 19.4. The maximum Gasteiger partial charge on any atom is 0.490 e. The number of carbonyl (C=O) groups is 2. The summed E-state index contributed by atoms with van der Waals surface area (Å²) in [6, 6.07) is 7.58. The summed E-state index contributed by atoms with van der Waals surface area (Å²) in [5, 5.41) is 7.12. The topological polar surface area (TPSA) is 88.0 Å². The summed E-state index contributed by atoms with van der Waals surface area (Å²) < 4.78 is 38.8. The first-order chi connectivity index (χ1) is 12.6. The zero-order valence-corrected chi connectivity index (χ0v) is 14.4. The molecule has 0 saturated heterocycles. The van der Waals surface area contributed by atoms with Crippen molar-refractivity contribution in [1.29, 1.82) is 0 Å². The fraction of sp³-hybridized carbons (Fsp3) is 0.235. The number of aliphatic carboxylic acids is 1. The van der Waals surface area contributed by atoms with Gasteiger partial charge in [0.2, 0.25) is 0 Å². The first-order valence-corrected chi connectivity index (χ1v) is 7.61. The molecule has 10 heteroatoms. The molecule has 3 heterocycles. The number of carboxylic acids is 1. The van der Waals surface area contributed by atoms with Gasteiger partial charge in [-0.05, 0) is 36.8 Å². The number of alkyl halides is 3. The fourth-order valence-corrected chi connectivity index (χ4v) is 2.09. The Morgan fingerprint density at radius 3 is 2.56 bits per heavy atom. The molecule has 0 unspecified atom stereocenters. The van der Waals surface area contributed by atoms with Gasteiger partial charge < -0.3 is 18.8 Å². The van der Waals surface area contributed by atoms with E-state index in [0.29, 0.717) is 12.2 Å². The van der Waals surface area contributed by atoms with E-state index in [0.717, 1.165) is 17.0 Å². The van der Waals surface area contributed by atoms with Crippen LogP contribution in [0.25, 0.3) is 5.65 Å². The van der Waals surface area contributed by atoms with E-state index in [4.69, 9.17) is 14.3 Å². The molecule has 0 aliphatic heterocycles. The number of carbonyl (C=O) groups excluding carboxylic acids is 1. The van der Waals surface area contributed by atoms with Gasteiger partial charge in [-0.15, -0.1) is 0 Å². The van der Waals surface area contributed by atoms with Crippen LogP contribution in [-0.4, -0.2) is 44.5 Å². The number of fused-ring (bicyclic) bond motifs is 1. The van der Waals surface area contributed by atoms with Crippen LogP contribution in [0.15, 0.2) is 47.3 Å². The van der Waals surface area contributed by atoms with Crippen molar-refractivity contribution in [1.82, 2.24) is 14.3 Å². The van der Waals surface area contributed by atoms with Crippen molar-refractivity contribution < 1.29 is 32.3 Å². The number of rotatable bonds is 3. The van der Waals surface area contributed by atoms with Crippen LogP contribution in [0.3, 0.4) is 0 Å². The summed E-state index contributed by atoms with van der Waals surface area (Å²) in [5.41, 5.74) is 2.33. The van der Waals surface area contributed by atoms with Gasteiger partial charge in [-0.1, -0.05) is 0 Å². The van der Waals surface area contributed by atoms with Crippen LogP contribution in [0.5, 0.6) is 0 Å². The van der Waals surface area contributed by atoms with Crippen LogP contribution in [0.4, 0.5) is 13.2 Å². The zero-order chi connectivity index (χ0) is 20.2. The zero-order valence-electron chi connectivity index (χ0n) is 14.4. The standard InChI is InChI=1S/C15H15N3O2.C2HF3O2/c1-11-5-6-18-10-13(16-14(18)8-11)15(19)17(2)9-12-4-3-7-20-12;3-2(4,5)1(6)7/h3-8,10H,9H2,1-2H3;(H,6,7). The Labute approximate surface area is 151 Å². The molecule has 0 radical (unpaired) electrons. The Bertz CT molecular complexity index is 933. The molecule has 3 rings (SSSR count). The normalized spacial score (nSPS) is 11.0. The first-order valence-electron chi connectivity index (χ1n) is 7.61. The summed E-state index contributed by atoms with van der Waals surface area (Å²) in [4.78, 5) is 27.2. The van der Waals surface area contributed by atoms with E-state index < -0.39 is 12.1 Å². The number of imidazole rings is 1. The third kappa shape index (κ3) is 5.33. The molecule has 0 saturated carbocycles. The number of amides is 1. The number of aromatic nitrogens is 2.